The first kappa shape index (κ1) is 13.0. The standard InChI is InChI=1S/C14H13N5O2/c20-13(15-8-7-12-16-9-17-19-12)5-6-14-18-10-3-1-2-4-11(10)21-14/h1-6,9H,7-8H2,(H,15,20)(H,16,17,19). The first-order valence-corrected chi connectivity index (χ1v) is 6.47. The van der Waals surface area contributed by atoms with Crippen LogP contribution in [-0.2, 0) is 11.2 Å². The summed E-state index contributed by atoms with van der Waals surface area (Å²) in [5, 5.41) is 9.20. The molecule has 0 fully saturated rings. The van der Waals surface area contributed by atoms with Gasteiger partial charge in [0.25, 0.3) is 0 Å². The predicted octanol–water partition coefficient (Wildman–Crippen LogP) is 1.32. The van der Waals surface area contributed by atoms with Crippen molar-refractivity contribution in [1.29, 1.82) is 0 Å². The number of oxazole rings is 1. The zero-order valence-electron chi connectivity index (χ0n) is 11.1. The lowest BCUT2D eigenvalue weighted by molar-refractivity contribution is -0.116. The molecule has 106 valence electrons. The van der Waals surface area contributed by atoms with Gasteiger partial charge in [-0.25, -0.2) is 9.97 Å². The van der Waals surface area contributed by atoms with Gasteiger partial charge in [0.1, 0.15) is 17.7 Å². The summed E-state index contributed by atoms with van der Waals surface area (Å²) in [4.78, 5) is 19.9. The molecule has 0 saturated heterocycles. The molecule has 0 aliphatic heterocycles. The van der Waals surface area contributed by atoms with E-state index in [0.29, 0.717) is 24.4 Å². The van der Waals surface area contributed by atoms with Crippen LogP contribution in [0, 0.1) is 0 Å². The second-order valence-corrected chi connectivity index (χ2v) is 4.33. The molecule has 3 rings (SSSR count). The van der Waals surface area contributed by atoms with Crippen LogP contribution in [0.4, 0.5) is 0 Å². The summed E-state index contributed by atoms with van der Waals surface area (Å²) < 4.78 is 5.48. The third-order valence-corrected chi connectivity index (χ3v) is 2.81. The number of aromatic nitrogens is 4. The molecule has 21 heavy (non-hydrogen) atoms. The number of carbonyl (C=O) groups excluding carboxylic acids is 1. The van der Waals surface area contributed by atoms with E-state index >= 15 is 0 Å². The van der Waals surface area contributed by atoms with Crippen LogP contribution in [-0.4, -0.2) is 32.6 Å². The van der Waals surface area contributed by atoms with Crippen molar-refractivity contribution in [2.45, 2.75) is 6.42 Å². The number of hydrogen-bond donors (Lipinski definition) is 2. The van der Waals surface area contributed by atoms with Gasteiger partial charge in [0.05, 0.1) is 0 Å². The second-order valence-electron chi connectivity index (χ2n) is 4.33. The first-order chi connectivity index (χ1) is 10.3. The Hall–Kier alpha value is -2.96. The Labute approximate surface area is 120 Å². The molecule has 7 nitrogen and oxygen atoms in total. The second kappa shape index (κ2) is 6.00. The van der Waals surface area contributed by atoms with Gasteiger partial charge in [-0.05, 0) is 12.1 Å². The smallest absolute Gasteiger partial charge is 0.244 e. The van der Waals surface area contributed by atoms with Gasteiger partial charge in [-0.3, -0.25) is 9.89 Å². The number of hydrogen-bond acceptors (Lipinski definition) is 5. The Morgan fingerprint density at radius 2 is 2.29 bits per heavy atom. The third-order valence-electron chi connectivity index (χ3n) is 2.81. The Bertz CT molecular complexity index is 728. The van der Waals surface area contributed by atoms with Crippen molar-refractivity contribution in [3.05, 3.63) is 48.4 Å². The Kier molecular flexibility index (Phi) is 3.72. The number of para-hydroxylation sites is 2. The highest BCUT2D eigenvalue weighted by atomic mass is 16.3. The number of rotatable bonds is 5. The average Bonchev–Trinajstić information content (AvgIpc) is 3.13. The largest absolute Gasteiger partial charge is 0.437 e. The zero-order chi connectivity index (χ0) is 14.5. The highest BCUT2D eigenvalue weighted by Crippen LogP contribution is 2.15. The summed E-state index contributed by atoms with van der Waals surface area (Å²) in [6.45, 7) is 0.478. The molecule has 0 radical (unpaired) electrons. The van der Waals surface area contributed by atoms with Crippen molar-refractivity contribution in [3.63, 3.8) is 0 Å². The fourth-order valence-electron chi connectivity index (χ4n) is 1.82. The van der Waals surface area contributed by atoms with Crippen LogP contribution in [0.3, 0.4) is 0 Å². The van der Waals surface area contributed by atoms with E-state index in [2.05, 4.69) is 25.5 Å². The van der Waals surface area contributed by atoms with Crippen LogP contribution in [0.25, 0.3) is 17.2 Å². The lowest BCUT2D eigenvalue weighted by atomic mass is 10.3. The van der Waals surface area contributed by atoms with Crippen LogP contribution in [0.2, 0.25) is 0 Å². The summed E-state index contributed by atoms with van der Waals surface area (Å²) in [5.74, 6) is 0.927. The fourth-order valence-corrected chi connectivity index (χ4v) is 1.82. The van der Waals surface area contributed by atoms with Crippen LogP contribution in [0.15, 0.2) is 41.1 Å². The highest BCUT2D eigenvalue weighted by Gasteiger charge is 2.02. The molecule has 0 saturated carbocycles. The lowest BCUT2D eigenvalue weighted by Gasteiger charge is -1.98. The quantitative estimate of drug-likeness (QED) is 0.688. The van der Waals surface area contributed by atoms with Crippen molar-refractivity contribution in [2.75, 3.05) is 6.54 Å². The molecule has 3 aromatic rings. The highest BCUT2D eigenvalue weighted by molar-refractivity contribution is 5.91. The fraction of sp³-hybridized carbons (Fsp3) is 0.143. The van der Waals surface area contributed by atoms with E-state index in [4.69, 9.17) is 4.42 Å². The van der Waals surface area contributed by atoms with E-state index < -0.39 is 0 Å². The number of carbonyl (C=O) groups is 1. The first-order valence-electron chi connectivity index (χ1n) is 6.47. The molecule has 0 aliphatic carbocycles. The maximum atomic E-state index is 11.6. The van der Waals surface area contributed by atoms with Gasteiger partial charge in [0.2, 0.25) is 11.8 Å². The molecule has 0 unspecified atom stereocenters. The maximum absolute atomic E-state index is 11.6. The van der Waals surface area contributed by atoms with E-state index in [9.17, 15) is 4.79 Å². The predicted molar refractivity (Wildman–Crippen MR) is 76.1 cm³/mol. The van der Waals surface area contributed by atoms with Gasteiger partial charge in [0.15, 0.2) is 5.58 Å². The SMILES string of the molecule is O=C(C=Cc1nc2ccccc2o1)NCCc1ncn[nH]1. The minimum Gasteiger partial charge on any atom is -0.437 e. The van der Waals surface area contributed by atoms with E-state index in [1.807, 2.05) is 24.3 Å². The summed E-state index contributed by atoms with van der Waals surface area (Å²) in [6, 6.07) is 7.44. The average molecular weight is 283 g/mol. The maximum Gasteiger partial charge on any atom is 0.244 e. The molecule has 0 spiro atoms. The molecule has 7 heteroatoms. The molecule has 0 bridgehead atoms. The van der Waals surface area contributed by atoms with E-state index in [0.717, 1.165) is 11.3 Å². The molecule has 2 aromatic heterocycles. The normalized spacial score (nSPS) is 11.2. The van der Waals surface area contributed by atoms with Crippen LogP contribution in [0.5, 0.6) is 0 Å². The molecule has 2 heterocycles. The molecule has 0 atom stereocenters. The van der Waals surface area contributed by atoms with Gasteiger partial charge in [-0.1, -0.05) is 12.1 Å². The minimum absolute atomic E-state index is 0.211. The Balaban J connectivity index is 1.54. The number of amides is 1. The molecule has 1 amide bonds. The van der Waals surface area contributed by atoms with Crippen molar-refractivity contribution >= 4 is 23.1 Å². The zero-order valence-corrected chi connectivity index (χ0v) is 11.1. The van der Waals surface area contributed by atoms with Crippen LogP contribution < -0.4 is 5.32 Å². The van der Waals surface area contributed by atoms with Crippen LogP contribution >= 0.6 is 0 Å². The van der Waals surface area contributed by atoms with Gasteiger partial charge in [-0.2, -0.15) is 5.10 Å². The number of H-pyrrole nitrogens is 1. The van der Waals surface area contributed by atoms with Crippen LogP contribution in [0.1, 0.15) is 11.7 Å². The van der Waals surface area contributed by atoms with E-state index in [1.165, 1.54) is 12.4 Å². The van der Waals surface area contributed by atoms with Crippen molar-refractivity contribution in [2.24, 2.45) is 0 Å². The number of benzene rings is 1. The summed E-state index contributed by atoms with van der Waals surface area (Å²) in [7, 11) is 0. The van der Waals surface area contributed by atoms with Crippen molar-refractivity contribution < 1.29 is 9.21 Å². The van der Waals surface area contributed by atoms with Crippen molar-refractivity contribution in [3.8, 4) is 0 Å². The van der Waals surface area contributed by atoms with Crippen molar-refractivity contribution in [1.82, 2.24) is 25.5 Å². The summed E-state index contributed by atoms with van der Waals surface area (Å²) in [6.07, 6.45) is 4.97. The van der Waals surface area contributed by atoms with Gasteiger partial charge in [0, 0.05) is 25.1 Å². The summed E-state index contributed by atoms with van der Waals surface area (Å²) in [5.41, 5.74) is 1.46. The number of nitrogens with zero attached hydrogens (tertiary/aromatic N) is 3. The van der Waals surface area contributed by atoms with E-state index in [-0.39, 0.29) is 5.91 Å². The lowest BCUT2D eigenvalue weighted by Crippen LogP contribution is -2.23. The molecule has 2 N–H and O–H groups in total. The molecule has 1 aromatic carbocycles. The summed E-state index contributed by atoms with van der Waals surface area (Å²) >= 11 is 0. The number of nitrogens with one attached hydrogen (secondary N) is 2. The van der Waals surface area contributed by atoms with Gasteiger partial charge in [-0.15, -0.1) is 0 Å². The number of aromatic amines is 1. The number of fused-ring (bicyclic) bond motifs is 1. The Morgan fingerprint density at radius 1 is 1.38 bits per heavy atom. The Morgan fingerprint density at radius 3 is 3.10 bits per heavy atom. The molecular formula is C14H13N5O2. The topological polar surface area (TPSA) is 96.7 Å². The van der Waals surface area contributed by atoms with E-state index in [1.54, 1.807) is 6.08 Å². The molecular weight excluding hydrogens is 270 g/mol. The minimum atomic E-state index is -0.211. The molecule has 0 aliphatic rings. The third kappa shape index (κ3) is 3.33. The monoisotopic (exact) mass is 283 g/mol. The van der Waals surface area contributed by atoms with Gasteiger partial charge < -0.3 is 9.73 Å². The van der Waals surface area contributed by atoms with Gasteiger partial charge >= 0.3 is 0 Å².